The first-order valence-corrected chi connectivity index (χ1v) is 7.09. The molecule has 2 aliphatic rings. The van der Waals surface area contributed by atoms with Crippen LogP contribution in [0.5, 0.6) is 0 Å². The quantitative estimate of drug-likeness (QED) is 0.766. The molecule has 2 atom stereocenters. The van der Waals surface area contributed by atoms with Crippen LogP contribution in [0.1, 0.15) is 26.2 Å². The van der Waals surface area contributed by atoms with Gasteiger partial charge in [-0.15, -0.1) is 0 Å². The van der Waals surface area contributed by atoms with E-state index in [2.05, 4.69) is 17.1 Å². The number of carbonyl (C=O) groups excluding carboxylic acids is 1. The Balaban J connectivity index is 1.65. The van der Waals surface area contributed by atoms with E-state index in [0.717, 1.165) is 25.9 Å². The van der Waals surface area contributed by atoms with Crippen molar-refractivity contribution in [1.29, 1.82) is 0 Å². The first-order valence-electron chi connectivity index (χ1n) is 7.09. The molecule has 0 radical (unpaired) electrons. The predicted molar refractivity (Wildman–Crippen MR) is 71.0 cm³/mol. The average Bonchev–Trinajstić information content (AvgIpc) is 3.15. The van der Waals surface area contributed by atoms with Crippen molar-refractivity contribution in [3.05, 3.63) is 0 Å². The topological polar surface area (TPSA) is 72.9 Å². The summed E-state index contributed by atoms with van der Waals surface area (Å²) in [5, 5.41) is 11.7. The van der Waals surface area contributed by atoms with Gasteiger partial charge in [-0.3, -0.25) is 9.69 Å². The van der Waals surface area contributed by atoms with Crippen molar-refractivity contribution in [2.75, 3.05) is 32.7 Å². The molecule has 1 aliphatic carbocycles. The van der Waals surface area contributed by atoms with Crippen LogP contribution >= 0.6 is 0 Å². The minimum Gasteiger partial charge on any atom is -0.481 e. The number of aliphatic carboxylic acids is 1. The predicted octanol–water partition coefficient (Wildman–Crippen LogP) is 0.587. The summed E-state index contributed by atoms with van der Waals surface area (Å²) in [6.07, 6.45) is 2.42. The highest BCUT2D eigenvalue weighted by Gasteiger charge is 2.37. The molecule has 0 aromatic carbocycles. The maximum Gasteiger partial charge on any atom is 0.317 e. The van der Waals surface area contributed by atoms with E-state index in [4.69, 9.17) is 5.11 Å². The molecule has 1 saturated carbocycles. The molecule has 1 heterocycles. The number of urea groups is 1. The molecule has 19 heavy (non-hydrogen) atoms. The van der Waals surface area contributed by atoms with Crippen molar-refractivity contribution in [2.45, 2.75) is 32.2 Å². The summed E-state index contributed by atoms with van der Waals surface area (Å²) in [6, 6.07) is 0.418. The van der Waals surface area contributed by atoms with Crippen molar-refractivity contribution in [2.24, 2.45) is 5.92 Å². The minimum atomic E-state index is -0.764. The number of nitrogens with zero attached hydrogens (tertiary/aromatic N) is 2. The number of carboxylic acid groups (broad SMARTS) is 1. The molecule has 0 aromatic rings. The number of hydrogen-bond acceptors (Lipinski definition) is 3. The van der Waals surface area contributed by atoms with Gasteiger partial charge in [-0.1, -0.05) is 13.3 Å². The fourth-order valence-electron chi connectivity index (χ4n) is 2.55. The van der Waals surface area contributed by atoms with Crippen LogP contribution in [-0.2, 0) is 4.79 Å². The van der Waals surface area contributed by atoms with E-state index in [-0.39, 0.29) is 12.5 Å². The van der Waals surface area contributed by atoms with E-state index >= 15 is 0 Å². The second-order valence-corrected chi connectivity index (χ2v) is 5.43. The van der Waals surface area contributed by atoms with Crippen LogP contribution in [0.3, 0.4) is 0 Å². The zero-order valence-electron chi connectivity index (χ0n) is 11.5. The smallest absolute Gasteiger partial charge is 0.317 e. The average molecular weight is 269 g/mol. The van der Waals surface area contributed by atoms with Gasteiger partial charge in [0.1, 0.15) is 0 Å². The second-order valence-electron chi connectivity index (χ2n) is 5.43. The van der Waals surface area contributed by atoms with E-state index in [1.807, 2.05) is 4.90 Å². The van der Waals surface area contributed by atoms with Crippen LogP contribution in [0, 0.1) is 5.92 Å². The lowest BCUT2D eigenvalue weighted by Crippen LogP contribution is -2.52. The molecular formula is C13H23N3O3. The molecule has 2 N–H and O–H groups in total. The first kappa shape index (κ1) is 14.1. The molecule has 108 valence electrons. The highest BCUT2D eigenvalue weighted by molar-refractivity contribution is 5.75. The van der Waals surface area contributed by atoms with Gasteiger partial charge in [0.2, 0.25) is 0 Å². The Morgan fingerprint density at radius 3 is 2.47 bits per heavy atom. The number of carboxylic acids is 1. The third kappa shape index (κ3) is 4.09. The normalized spacial score (nSPS) is 27.1. The molecule has 6 heteroatoms. The zero-order chi connectivity index (χ0) is 13.8. The van der Waals surface area contributed by atoms with Gasteiger partial charge in [0, 0.05) is 38.8 Å². The number of rotatable bonds is 5. The van der Waals surface area contributed by atoms with Crippen LogP contribution in [0.15, 0.2) is 0 Å². The highest BCUT2D eigenvalue weighted by atomic mass is 16.4. The Morgan fingerprint density at radius 1 is 1.26 bits per heavy atom. The summed E-state index contributed by atoms with van der Waals surface area (Å²) < 4.78 is 0. The summed E-state index contributed by atoms with van der Waals surface area (Å²) in [5.41, 5.74) is 0. The lowest BCUT2D eigenvalue weighted by Gasteiger charge is -2.34. The molecule has 2 rings (SSSR count). The van der Waals surface area contributed by atoms with Gasteiger partial charge in [-0.2, -0.15) is 0 Å². The molecule has 0 aromatic heterocycles. The standard InChI is InChI=1S/C13H23N3O3/c1-2-10-9-11(10)14-13(19)16-7-5-15(6-8-16)4-3-12(17)18/h10-11H,2-9H2,1H3,(H,14,19)(H,17,18). The van der Waals surface area contributed by atoms with E-state index in [9.17, 15) is 9.59 Å². The van der Waals surface area contributed by atoms with Crippen molar-refractivity contribution >= 4 is 12.0 Å². The van der Waals surface area contributed by atoms with Crippen LogP contribution in [0.25, 0.3) is 0 Å². The number of carbonyl (C=O) groups is 2. The number of nitrogens with one attached hydrogen (secondary N) is 1. The van der Waals surface area contributed by atoms with Gasteiger partial charge in [-0.25, -0.2) is 4.79 Å². The maximum atomic E-state index is 12.0. The SMILES string of the molecule is CCC1CC1NC(=O)N1CCN(CCC(=O)O)CC1. The van der Waals surface area contributed by atoms with Crippen molar-refractivity contribution < 1.29 is 14.7 Å². The molecule has 2 fully saturated rings. The first-order chi connectivity index (χ1) is 9.10. The Hall–Kier alpha value is -1.30. The van der Waals surface area contributed by atoms with Crippen LogP contribution < -0.4 is 5.32 Å². The van der Waals surface area contributed by atoms with E-state index in [1.165, 1.54) is 0 Å². The van der Waals surface area contributed by atoms with Gasteiger partial charge in [-0.05, 0) is 12.3 Å². The van der Waals surface area contributed by atoms with Crippen molar-refractivity contribution in [1.82, 2.24) is 15.1 Å². The van der Waals surface area contributed by atoms with Gasteiger partial charge in [0.05, 0.1) is 6.42 Å². The lowest BCUT2D eigenvalue weighted by molar-refractivity contribution is -0.137. The van der Waals surface area contributed by atoms with E-state index in [1.54, 1.807) is 0 Å². The molecule has 0 bridgehead atoms. The summed E-state index contributed by atoms with van der Waals surface area (Å²) in [6.45, 7) is 5.64. The van der Waals surface area contributed by atoms with E-state index < -0.39 is 5.97 Å². The van der Waals surface area contributed by atoms with Gasteiger partial charge in [0.15, 0.2) is 0 Å². The second kappa shape index (κ2) is 6.23. The Morgan fingerprint density at radius 2 is 1.95 bits per heavy atom. The summed E-state index contributed by atoms with van der Waals surface area (Å²) >= 11 is 0. The summed E-state index contributed by atoms with van der Waals surface area (Å²) in [7, 11) is 0. The Bertz CT molecular complexity index is 340. The fraction of sp³-hybridized carbons (Fsp3) is 0.846. The summed E-state index contributed by atoms with van der Waals surface area (Å²) in [4.78, 5) is 26.4. The maximum absolute atomic E-state index is 12.0. The Labute approximate surface area is 113 Å². The van der Waals surface area contributed by atoms with E-state index in [0.29, 0.717) is 31.6 Å². The number of amides is 2. The third-order valence-corrected chi connectivity index (χ3v) is 4.06. The van der Waals surface area contributed by atoms with Crippen molar-refractivity contribution in [3.8, 4) is 0 Å². The molecule has 6 nitrogen and oxygen atoms in total. The van der Waals surface area contributed by atoms with Gasteiger partial charge in [0.25, 0.3) is 0 Å². The van der Waals surface area contributed by atoms with Crippen LogP contribution in [0.4, 0.5) is 4.79 Å². The number of hydrogen-bond donors (Lipinski definition) is 2. The largest absolute Gasteiger partial charge is 0.481 e. The lowest BCUT2D eigenvalue weighted by atomic mass is 10.3. The fourth-order valence-corrected chi connectivity index (χ4v) is 2.55. The summed E-state index contributed by atoms with van der Waals surface area (Å²) in [5.74, 6) is -0.0969. The Kier molecular flexibility index (Phi) is 4.63. The highest BCUT2D eigenvalue weighted by Crippen LogP contribution is 2.33. The third-order valence-electron chi connectivity index (χ3n) is 4.06. The molecule has 0 spiro atoms. The van der Waals surface area contributed by atoms with Gasteiger partial charge < -0.3 is 15.3 Å². The molecule has 2 amide bonds. The zero-order valence-corrected chi connectivity index (χ0v) is 11.5. The minimum absolute atomic E-state index is 0.0406. The molecule has 1 aliphatic heterocycles. The van der Waals surface area contributed by atoms with Crippen LogP contribution in [0.2, 0.25) is 0 Å². The molecule has 1 saturated heterocycles. The van der Waals surface area contributed by atoms with Crippen LogP contribution in [-0.4, -0.2) is 65.7 Å². The molecule has 2 unspecified atom stereocenters. The molecular weight excluding hydrogens is 246 g/mol. The van der Waals surface area contributed by atoms with Gasteiger partial charge >= 0.3 is 12.0 Å². The van der Waals surface area contributed by atoms with Crippen molar-refractivity contribution in [3.63, 3.8) is 0 Å². The monoisotopic (exact) mass is 269 g/mol. The number of piperazine rings is 1.